The van der Waals surface area contributed by atoms with E-state index < -0.39 is 0 Å². The predicted molar refractivity (Wildman–Crippen MR) is 87.8 cm³/mol. The third-order valence-electron chi connectivity index (χ3n) is 4.27. The topological polar surface area (TPSA) is 55.6 Å². The molecule has 0 bridgehead atoms. The Morgan fingerprint density at radius 2 is 2.14 bits per heavy atom. The summed E-state index contributed by atoms with van der Waals surface area (Å²) in [4.78, 5) is 13.1. The van der Waals surface area contributed by atoms with Gasteiger partial charge < -0.3 is 9.64 Å². The van der Waals surface area contributed by atoms with Crippen molar-refractivity contribution in [2.75, 3.05) is 14.2 Å². The van der Waals surface area contributed by atoms with E-state index in [1.54, 1.807) is 12.1 Å². The zero-order valence-corrected chi connectivity index (χ0v) is 13.5. The zero-order chi connectivity index (χ0) is 16.5. The highest BCUT2D eigenvalue weighted by Crippen LogP contribution is 2.37. The van der Waals surface area contributed by atoms with Crippen LogP contribution in [0.25, 0.3) is 6.08 Å². The molecule has 0 radical (unpaired) electrons. The molecule has 0 N–H and O–H groups in total. The van der Waals surface area contributed by atoms with Gasteiger partial charge in [0.25, 0.3) is 5.69 Å². The van der Waals surface area contributed by atoms with E-state index in [1.165, 1.54) is 13.2 Å². The van der Waals surface area contributed by atoms with Gasteiger partial charge in [-0.25, -0.2) is 0 Å². The molecule has 0 spiro atoms. The summed E-state index contributed by atoms with van der Waals surface area (Å²) in [6, 6.07) is 4.94. The monoisotopic (exact) mass is 302 g/mol. The number of likely N-dealkylation sites (tertiary alicyclic amines) is 1. The minimum atomic E-state index is -0.371. The molecular formula is C17H22N2O3. The van der Waals surface area contributed by atoms with E-state index in [0.717, 1.165) is 24.1 Å². The van der Waals surface area contributed by atoms with Crippen molar-refractivity contribution in [3.63, 3.8) is 0 Å². The van der Waals surface area contributed by atoms with E-state index >= 15 is 0 Å². The molecule has 0 amide bonds. The molecule has 0 aromatic heterocycles. The van der Waals surface area contributed by atoms with Gasteiger partial charge in [0, 0.05) is 24.7 Å². The highest BCUT2D eigenvalue weighted by atomic mass is 16.6. The molecule has 0 unspecified atom stereocenters. The molecule has 1 aliphatic rings. The Balaban J connectivity index is 2.41. The van der Waals surface area contributed by atoms with Gasteiger partial charge in [0.1, 0.15) is 5.75 Å². The maximum atomic E-state index is 11.3. The van der Waals surface area contributed by atoms with Crippen LogP contribution in [0, 0.1) is 10.1 Å². The lowest BCUT2D eigenvalue weighted by Crippen LogP contribution is -2.43. The van der Waals surface area contributed by atoms with Crippen molar-refractivity contribution in [1.29, 1.82) is 0 Å². The van der Waals surface area contributed by atoms with Crippen LogP contribution in [-0.4, -0.2) is 29.5 Å². The van der Waals surface area contributed by atoms with Crippen LogP contribution in [0.1, 0.15) is 32.3 Å². The molecule has 0 atom stereocenters. The molecule has 5 nitrogen and oxygen atoms in total. The van der Waals surface area contributed by atoms with Crippen molar-refractivity contribution in [1.82, 2.24) is 4.90 Å². The molecule has 1 heterocycles. The van der Waals surface area contributed by atoms with Gasteiger partial charge in [-0.15, -0.1) is 0 Å². The molecule has 1 aromatic rings. The van der Waals surface area contributed by atoms with Gasteiger partial charge in [-0.3, -0.25) is 10.1 Å². The standard InChI is InChI=1S/C17H22N2O3/c1-12-8-13(11-17(2,3)18(12)4)9-14-6-7-15(22-5)10-16(14)19(20)21/h6-7,9-10H,1,8,11H2,2-5H3/b13-9-. The number of benzene rings is 1. The first-order valence-corrected chi connectivity index (χ1v) is 7.18. The van der Waals surface area contributed by atoms with Crippen LogP contribution in [0.5, 0.6) is 5.75 Å². The van der Waals surface area contributed by atoms with Gasteiger partial charge in [-0.1, -0.05) is 12.2 Å². The van der Waals surface area contributed by atoms with Crippen LogP contribution in [0.3, 0.4) is 0 Å². The number of hydrogen-bond acceptors (Lipinski definition) is 4. The number of allylic oxidation sites excluding steroid dienone is 1. The molecule has 0 saturated carbocycles. The Kier molecular flexibility index (Phi) is 4.26. The van der Waals surface area contributed by atoms with E-state index in [1.807, 2.05) is 13.1 Å². The van der Waals surface area contributed by atoms with E-state index in [0.29, 0.717) is 11.3 Å². The lowest BCUT2D eigenvalue weighted by atomic mass is 9.85. The summed E-state index contributed by atoms with van der Waals surface area (Å²) in [5.41, 5.74) is 2.81. The van der Waals surface area contributed by atoms with Crippen LogP contribution >= 0.6 is 0 Å². The molecule has 1 aromatic carbocycles. The molecular weight excluding hydrogens is 280 g/mol. The van der Waals surface area contributed by atoms with Crippen LogP contribution in [-0.2, 0) is 0 Å². The number of piperidine rings is 1. The fourth-order valence-corrected chi connectivity index (χ4v) is 2.80. The van der Waals surface area contributed by atoms with Crippen LogP contribution < -0.4 is 4.74 Å². The van der Waals surface area contributed by atoms with Crippen molar-refractivity contribution in [2.45, 2.75) is 32.2 Å². The summed E-state index contributed by atoms with van der Waals surface area (Å²) in [7, 11) is 3.54. The highest BCUT2D eigenvalue weighted by molar-refractivity contribution is 5.65. The fraction of sp³-hybridized carbons (Fsp3) is 0.412. The largest absolute Gasteiger partial charge is 0.497 e. The molecule has 22 heavy (non-hydrogen) atoms. The van der Waals surface area contributed by atoms with E-state index in [4.69, 9.17) is 4.74 Å². The van der Waals surface area contributed by atoms with Crippen LogP contribution in [0.4, 0.5) is 5.69 Å². The number of nitrogens with zero attached hydrogens (tertiary/aromatic N) is 2. The average molecular weight is 302 g/mol. The minimum Gasteiger partial charge on any atom is -0.497 e. The molecule has 1 fully saturated rings. The lowest BCUT2D eigenvalue weighted by molar-refractivity contribution is -0.385. The third-order valence-corrected chi connectivity index (χ3v) is 4.27. The summed E-state index contributed by atoms with van der Waals surface area (Å²) in [5, 5.41) is 11.3. The molecule has 118 valence electrons. The quantitative estimate of drug-likeness (QED) is 0.625. The van der Waals surface area contributed by atoms with Crippen molar-refractivity contribution < 1.29 is 9.66 Å². The Labute approximate surface area is 131 Å². The van der Waals surface area contributed by atoms with Crippen molar-refractivity contribution in [3.8, 4) is 5.75 Å². The van der Waals surface area contributed by atoms with Gasteiger partial charge >= 0.3 is 0 Å². The number of nitro groups is 1. The molecule has 1 aliphatic heterocycles. The first-order chi connectivity index (χ1) is 10.2. The van der Waals surface area contributed by atoms with Gasteiger partial charge in [0.15, 0.2) is 0 Å². The first kappa shape index (κ1) is 16.1. The summed E-state index contributed by atoms with van der Waals surface area (Å²) in [6.07, 6.45) is 3.51. The predicted octanol–water partition coefficient (Wildman–Crippen LogP) is 4.00. The Morgan fingerprint density at radius 3 is 2.68 bits per heavy atom. The van der Waals surface area contributed by atoms with Crippen molar-refractivity contribution in [3.05, 3.63) is 51.7 Å². The molecule has 0 aliphatic carbocycles. The van der Waals surface area contributed by atoms with E-state index in [2.05, 4.69) is 25.3 Å². The summed E-state index contributed by atoms with van der Waals surface area (Å²) in [6.45, 7) is 8.39. The van der Waals surface area contributed by atoms with Crippen molar-refractivity contribution >= 4 is 11.8 Å². The summed E-state index contributed by atoms with van der Waals surface area (Å²) in [5.74, 6) is 0.488. The summed E-state index contributed by atoms with van der Waals surface area (Å²) < 4.78 is 5.07. The molecule has 2 rings (SSSR count). The third kappa shape index (κ3) is 3.13. The van der Waals surface area contributed by atoms with Crippen molar-refractivity contribution in [2.24, 2.45) is 0 Å². The summed E-state index contributed by atoms with van der Waals surface area (Å²) >= 11 is 0. The minimum absolute atomic E-state index is 0.0393. The normalized spacial score (nSPS) is 19.4. The second-order valence-electron chi connectivity index (χ2n) is 6.28. The number of ether oxygens (including phenoxy) is 1. The Hall–Kier alpha value is -2.30. The maximum Gasteiger partial charge on any atom is 0.280 e. The molecule has 1 saturated heterocycles. The molecule has 5 heteroatoms. The highest BCUT2D eigenvalue weighted by Gasteiger charge is 2.31. The van der Waals surface area contributed by atoms with Crippen LogP contribution in [0.15, 0.2) is 36.0 Å². The first-order valence-electron chi connectivity index (χ1n) is 7.18. The van der Waals surface area contributed by atoms with Crippen LogP contribution in [0.2, 0.25) is 0 Å². The smallest absolute Gasteiger partial charge is 0.280 e. The van der Waals surface area contributed by atoms with Gasteiger partial charge in [-0.2, -0.15) is 0 Å². The number of nitro benzene ring substituents is 1. The Bertz CT molecular complexity index is 647. The van der Waals surface area contributed by atoms with Gasteiger partial charge in [0.05, 0.1) is 23.7 Å². The van der Waals surface area contributed by atoms with Gasteiger partial charge in [-0.05, 0) is 38.5 Å². The number of rotatable bonds is 3. The van der Waals surface area contributed by atoms with Gasteiger partial charge in [0.2, 0.25) is 0 Å². The van der Waals surface area contributed by atoms with E-state index in [-0.39, 0.29) is 16.1 Å². The number of hydrogen-bond donors (Lipinski definition) is 0. The zero-order valence-electron chi connectivity index (χ0n) is 13.5. The number of methoxy groups -OCH3 is 1. The second kappa shape index (κ2) is 5.83. The lowest BCUT2D eigenvalue weighted by Gasteiger charge is -2.44. The SMILES string of the molecule is C=C1C/C(=C/c2ccc(OC)cc2[N+](=O)[O-])CC(C)(C)N1C. The Morgan fingerprint density at radius 1 is 1.45 bits per heavy atom. The maximum absolute atomic E-state index is 11.3. The fourth-order valence-electron chi connectivity index (χ4n) is 2.80. The second-order valence-corrected chi connectivity index (χ2v) is 6.28. The average Bonchev–Trinajstić information content (AvgIpc) is 2.44. The van der Waals surface area contributed by atoms with E-state index in [9.17, 15) is 10.1 Å².